The molecule has 1 heterocycles. The predicted molar refractivity (Wildman–Crippen MR) is 57.0 cm³/mol. The van der Waals surface area contributed by atoms with Crippen molar-refractivity contribution in [3.8, 4) is 0 Å². The molecule has 76 valence electrons. The van der Waals surface area contributed by atoms with Crippen LogP contribution in [0.3, 0.4) is 0 Å². The van der Waals surface area contributed by atoms with E-state index in [0.29, 0.717) is 6.04 Å². The van der Waals surface area contributed by atoms with Crippen molar-refractivity contribution >= 4 is 0 Å². The molecular weight excluding hydrogens is 174 g/mol. The van der Waals surface area contributed by atoms with Crippen LogP contribution in [0.4, 0.5) is 0 Å². The summed E-state index contributed by atoms with van der Waals surface area (Å²) in [5, 5.41) is 13.3. The molecule has 2 heteroatoms. The number of hydrogen-bond donors (Lipinski definition) is 2. The Morgan fingerprint density at radius 2 is 2.14 bits per heavy atom. The molecule has 0 aliphatic carbocycles. The van der Waals surface area contributed by atoms with E-state index in [9.17, 15) is 5.11 Å². The first-order chi connectivity index (χ1) is 6.86. The van der Waals surface area contributed by atoms with E-state index in [1.54, 1.807) is 0 Å². The quantitative estimate of drug-likeness (QED) is 0.764. The highest BCUT2D eigenvalue weighted by Crippen LogP contribution is 2.21. The van der Waals surface area contributed by atoms with E-state index in [1.807, 2.05) is 30.3 Å². The number of aliphatic hydroxyl groups is 1. The Balaban J connectivity index is 1.92. The third-order valence-electron chi connectivity index (χ3n) is 2.85. The molecule has 0 aromatic heterocycles. The summed E-state index contributed by atoms with van der Waals surface area (Å²) in [5.41, 5.74) is 1.03. The normalized spacial score (nSPS) is 23.6. The number of nitrogens with one attached hydrogen (secondary N) is 1. The molecule has 1 aromatic rings. The van der Waals surface area contributed by atoms with Crippen molar-refractivity contribution in [1.29, 1.82) is 0 Å². The zero-order valence-corrected chi connectivity index (χ0v) is 8.32. The van der Waals surface area contributed by atoms with Crippen LogP contribution in [0.5, 0.6) is 0 Å². The largest absolute Gasteiger partial charge is 0.388 e. The Labute approximate surface area is 85.0 Å². The second kappa shape index (κ2) is 4.58. The van der Waals surface area contributed by atoms with Gasteiger partial charge in [-0.1, -0.05) is 30.3 Å². The number of hydrogen-bond acceptors (Lipinski definition) is 2. The van der Waals surface area contributed by atoms with Crippen molar-refractivity contribution in [2.75, 3.05) is 6.54 Å². The third-order valence-corrected chi connectivity index (χ3v) is 2.85. The van der Waals surface area contributed by atoms with E-state index in [2.05, 4.69) is 5.32 Å². The molecule has 0 amide bonds. The molecule has 1 fully saturated rings. The summed E-state index contributed by atoms with van der Waals surface area (Å²) in [6, 6.07) is 10.4. The van der Waals surface area contributed by atoms with Gasteiger partial charge >= 0.3 is 0 Å². The minimum atomic E-state index is -0.313. The zero-order valence-electron chi connectivity index (χ0n) is 8.32. The van der Waals surface area contributed by atoms with E-state index in [1.165, 1.54) is 12.8 Å². The maximum atomic E-state index is 9.94. The second-order valence-electron chi connectivity index (χ2n) is 3.96. The first kappa shape index (κ1) is 9.69. The van der Waals surface area contributed by atoms with E-state index in [0.717, 1.165) is 18.5 Å². The summed E-state index contributed by atoms with van der Waals surface area (Å²) in [6.45, 7) is 1.10. The molecule has 0 spiro atoms. The van der Waals surface area contributed by atoms with Gasteiger partial charge in [0.2, 0.25) is 0 Å². The van der Waals surface area contributed by atoms with E-state index >= 15 is 0 Å². The summed E-state index contributed by atoms with van der Waals surface area (Å²) in [6.07, 6.45) is 2.96. The standard InChI is InChI=1S/C12H17NO/c14-12(9-11-7-4-8-13-11)10-5-2-1-3-6-10/h1-3,5-6,11-14H,4,7-9H2/t11-,12+/m1/s1. The summed E-state index contributed by atoms with van der Waals surface area (Å²) < 4.78 is 0. The zero-order chi connectivity index (χ0) is 9.80. The fourth-order valence-electron chi connectivity index (χ4n) is 2.04. The lowest BCUT2D eigenvalue weighted by atomic mass is 10.0. The first-order valence-electron chi connectivity index (χ1n) is 5.32. The SMILES string of the molecule is O[C@@H](C[C@H]1CCCN1)c1ccccc1. The highest BCUT2D eigenvalue weighted by molar-refractivity contribution is 5.17. The van der Waals surface area contributed by atoms with Crippen LogP contribution in [0.25, 0.3) is 0 Å². The Bertz CT molecular complexity index is 267. The Kier molecular flexibility index (Phi) is 3.17. The Morgan fingerprint density at radius 3 is 2.79 bits per heavy atom. The molecule has 0 bridgehead atoms. The molecule has 1 aliphatic rings. The molecule has 0 saturated carbocycles. The average Bonchev–Trinajstić information content (AvgIpc) is 2.72. The van der Waals surface area contributed by atoms with Crippen LogP contribution in [0, 0.1) is 0 Å². The molecular formula is C12H17NO. The van der Waals surface area contributed by atoms with Gasteiger partial charge in [-0.25, -0.2) is 0 Å². The van der Waals surface area contributed by atoms with E-state index < -0.39 is 0 Å². The van der Waals surface area contributed by atoms with Crippen LogP contribution in [0.15, 0.2) is 30.3 Å². The molecule has 0 radical (unpaired) electrons. The van der Waals surface area contributed by atoms with Crippen molar-refractivity contribution < 1.29 is 5.11 Å². The fraction of sp³-hybridized carbons (Fsp3) is 0.500. The van der Waals surface area contributed by atoms with Crippen molar-refractivity contribution in [2.24, 2.45) is 0 Å². The van der Waals surface area contributed by atoms with Crippen LogP contribution >= 0.6 is 0 Å². The van der Waals surface area contributed by atoms with Gasteiger partial charge in [-0.3, -0.25) is 0 Å². The number of aliphatic hydroxyl groups excluding tert-OH is 1. The minimum Gasteiger partial charge on any atom is -0.388 e. The van der Waals surface area contributed by atoms with Gasteiger partial charge in [-0.2, -0.15) is 0 Å². The van der Waals surface area contributed by atoms with Crippen molar-refractivity contribution in [1.82, 2.24) is 5.32 Å². The molecule has 2 N–H and O–H groups in total. The van der Waals surface area contributed by atoms with Crippen LogP contribution in [0.2, 0.25) is 0 Å². The molecule has 2 atom stereocenters. The summed E-state index contributed by atoms with van der Waals surface area (Å²) in [5.74, 6) is 0. The lowest BCUT2D eigenvalue weighted by Crippen LogP contribution is -2.23. The van der Waals surface area contributed by atoms with Crippen molar-refractivity contribution in [3.63, 3.8) is 0 Å². The Hall–Kier alpha value is -0.860. The van der Waals surface area contributed by atoms with Gasteiger partial charge in [0.15, 0.2) is 0 Å². The van der Waals surface area contributed by atoms with Gasteiger partial charge in [-0.05, 0) is 31.4 Å². The topological polar surface area (TPSA) is 32.3 Å². The molecule has 2 nitrogen and oxygen atoms in total. The monoisotopic (exact) mass is 191 g/mol. The predicted octanol–water partition coefficient (Wildman–Crippen LogP) is 1.86. The summed E-state index contributed by atoms with van der Waals surface area (Å²) in [7, 11) is 0. The maximum absolute atomic E-state index is 9.94. The molecule has 1 aromatic carbocycles. The van der Waals surface area contributed by atoms with Gasteiger partial charge < -0.3 is 10.4 Å². The molecule has 1 saturated heterocycles. The molecule has 1 aliphatic heterocycles. The molecule has 0 unspecified atom stereocenters. The number of rotatable bonds is 3. The third kappa shape index (κ3) is 2.34. The van der Waals surface area contributed by atoms with E-state index in [-0.39, 0.29) is 6.10 Å². The van der Waals surface area contributed by atoms with E-state index in [4.69, 9.17) is 0 Å². The van der Waals surface area contributed by atoms with Crippen LogP contribution in [0.1, 0.15) is 30.9 Å². The first-order valence-corrected chi connectivity index (χ1v) is 5.32. The van der Waals surface area contributed by atoms with Crippen LogP contribution < -0.4 is 5.32 Å². The van der Waals surface area contributed by atoms with Crippen LogP contribution in [-0.4, -0.2) is 17.7 Å². The van der Waals surface area contributed by atoms with Crippen molar-refractivity contribution in [2.45, 2.75) is 31.4 Å². The highest BCUT2D eigenvalue weighted by Gasteiger charge is 2.18. The molecule has 2 rings (SSSR count). The van der Waals surface area contributed by atoms with Gasteiger partial charge in [0.05, 0.1) is 6.10 Å². The number of benzene rings is 1. The molecule has 14 heavy (non-hydrogen) atoms. The highest BCUT2D eigenvalue weighted by atomic mass is 16.3. The van der Waals surface area contributed by atoms with Gasteiger partial charge in [0, 0.05) is 6.04 Å². The van der Waals surface area contributed by atoms with Gasteiger partial charge in [0.25, 0.3) is 0 Å². The average molecular weight is 191 g/mol. The summed E-state index contributed by atoms with van der Waals surface area (Å²) >= 11 is 0. The smallest absolute Gasteiger partial charge is 0.0804 e. The lowest BCUT2D eigenvalue weighted by molar-refractivity contribution is 0.154. The fourth-order valence-corrected chi connectivity index (χ4v) is 2.04. The van der Waals surface area contributed by atoms with Crippen molar-refractivity contribution in [3.05, 3.63) is 35.9 Å². The lowest BCUT2D eigenvalue weighted by Gasteiger charge is -2.15. The van der Waals surface area contributed by atoms with Gasteiger partial charge in [-0.15, -0.1) is 0 Å². The minimum absolute atomic E-state index is 0.313. The van der Waals surface area contributed by atoms with Gasteiger partial charge in [0.1, 0.15) is 0 Å². The maximum Gasteiger partial charge on any atom is 0.0804 e. The van der Waals surface area contributed by atoms with Crippen LogP contribution in [-0.2, 0) is 0 Å². The summed E-state index contributed by atoms with van der Waals surface area (Å²) in [4.78, 5) is 0. The second-order valence-corrected chi connectivity index (χ2v) is 3.96. The Morgan fingerprint density at radius 1 is 1.36 bits per heavy atom.